The number of methoxy groups -OCH3 is 1. The van der Waals surface area contributed by atoms with E-state index in [1.165, 1.54) is 13.1 Å². The van der Waals surface area contributed by atoms with Gasteiger partial charge in [0.05, 0.1) is 12.7 Å². The molecular weight excluding hydrogens is 222 g/mol. The molecule has 0 bridgehead atoms. The number of ether oxygens (including phenoxy) is 1. The fourth-order valence-electron chi connectivity index (χ4n) is 1.22. The van der Waals surface area contributed by atoms with Gasteiger partial charge in [-0.3, -0.25) is 0 Å². The number of esters is 1. The summed E-state index contributed by atoms with van der Waals surface area (Å²) >= 11 is 0. The molecule has 0 fully saturated rings. The van der Waals surface area contributed by atoms with Crippen LogP contribution in [0.3, 0.4) is 0 Å². The molecule has 1 rings (SSSR count). The van der Waals surface area contributed by atoms with Crippen molar-refractivity contribution in [3.63, 3.8) is 0 Å². The second-order valence-corrected chi connectivity index (χ2v) is 3.16. The normalized spacial score (nSPS) is 11.1. The third-order valence-corrected chi connectivity index (χ3v) is 2.04. The van der Waals surface area contributed by atoms with Crippen molar-refractivity contribution in [3.8, 4) is 0 Å². The monoisotopic (exact) mass is 232 g/mol. The topological polar surface area (TPSA) is 38.3 Å². The van der Waals surface area contributed by atoms with E-state index in [2.05, 4.69) is 10.1 Å². The number of carbonyl (C=O) groups is 1. The van der Waals surface area contributed by atoms with Gasteiger partial charge in [-0.25, -0.2) is 4.79 Å². The molecule has 16 heavy (non-hydrogen) atoms. The van der Waals surface area contributed by atoms with Crippen LogP contribution in [-0.2, 0) is 4.74 Å². The Labute approximate surface area is 90.7 Å². The first kappa shape index (κ1) is 12.4. The van der Waals surface area contributed by atoms with Gasteiger partial charge in [0.25, 0.3) is 0 Å². The van der Waals surface area contributed by atoms with Gasteiger partial charge in [0.2, 0.25) is 0 Å². The lowest BCUT2D eigenvalue weighted by molar-refractivity contribution is 0.0601. The molecule has 0 aromatic heterocycles. The molecule has 0 spiro atoms. The molecule has 3 nitrogen and oxygen atoms in total. The molecule has 1 aromatic rings. The van der Waals surface area contributed by atoms with Crippen LogP contribution >= 0.6 is 0 Å². The van der Waals surface area contributed by atoms with Crippen LogP contribution in [-0.4, -0.2) is 27.1 Å². The second kappa shape index (κ2) is 4.46. The Balaban J connectivity index is 3.27. The third-order valence-electron chi connectivity index (χ3n) is 2.04. The summed E-state index contributed by atoms with van der Waals surface area (Å²) in [5.41, 5.74) is -0.729. The van der Waals surface area contributed by atoms with Crippen molar-refractivity contribution in [1.29, 1.82) is 0 Å². The summed E-state index contributed by atoms with van der Waals surface area (Å²) in [6.07, 6.45) is 0. The lowest BCUT2D eigenvalue weighted by Gasteiger charge is -2.17. The highest BCUT2D eigenvalue weighted by Crippen LogP contribution is 2.16. The Morgan fingerprint density at radius 2 is 1.94 bits per heavy atom. The van der Waals surface area contributed by atoms with Gasteiger partial charge in [-0.05, 0) is 6.07 Å². The van der Waals surface area contributed by atoms with Crippen LogP contribution in [0, 0.1) is 0 Å². The van der Waals surface area contributed by atoms with Crippen LogP contribution in [0.1, 0.15) is 10.4 Å². The van der Waals surface area contributed by atoms with Gasteiger partial charge in [0.15, 0.2) is 0 Å². The number of hydrogen-bond donors (Lipinski definition) is 1. The van der Waals surface area contributed by atoms with Crippen molar-refractivity contribution < 1.29 is 22.5 Å². The summed E-state index contributed by atoms with van der Waals surface area (Å²) in [5.74, 6) is -0.793. The van der Waals surface area contributed by atoms with E-state index in [-0.39, 0.29) is 11.3 Å². The summed E-state index contributed by atoms with van der Waals surface area (Å²) in [5, 5.41) is 2.56. The van der Waals surface area contributed by atoms with Gasteiger partial charge < -0.3 is 23.0 Å². The molecule has 0 saturated heterocycles. The summed E-state index contributed by atoms with van der Waals surface area (Å²) in [6, 6.07) is 3.04. The number of carbonyl (C=O) groups excluding carboxylic acids is 1. The average molecular weight is 232 g/mol. The van der Waals surface area contributed by atoms with Gasteiger partial charge in [-0.15, -0.1) is 5.46 Å². The molecule has 1 N–H and O–H groups in total. The largest absolute Gasteiger partial charge is 0.509 e. The van der Waals surface area contributed by atoms with E-state index >= 15 is 0 Å². The van der Waals surface area contributed by atoms with E-state index in [0.717, 1.165) is 19.2 Å². The predicted molar refractivity (Wildman–Crippen MR) is 56.0 cm³/mol. The van der Waals surface area contributed by atoms with Gasteiger partial charge in [-0.1, -0.05) is 12.1 Å². The van der Waals surface area contributed by atoms with Crippen molar-refractivity contribution >= 4 is 24.1 Å². The summed E-state index contributed by atoms with van der Waals surface area (Å²) in [4.78, 5) is 11.2. The third kappa shape index (κ3) is 2.68. The lowest BCUT2D eigenvalue weighted by atomic mass is 9.79. The fraction of sp³-hybridized carbons (Fsp3) is 0.222. The van der Waals surface area contributed by atoms with Crippen LogP contribution < -0.4 is 10.8 Å². The van der Waals surface area contributed by atoms with Crippen LogP contribution in [0.4, 0.5) is 18.6 Å². The number of benzene rings is 1. The minimum Gasteiger partial charge on any atom is -0.465 e. The molecule has 88 valence electrons. The first-order chi connectivity index (χ1) is 7.38. The van der Waals surface area contributed by atoms with Crippen LogP contribution in [0.25, 0.3) is 0 Å². The van der Waals surface area contributed by atoms with E-state index in [4.69, 9.17) is 0 Å². The molecule has 7 heteroatoms. The maximum atomic E-state index is 12.5. The Morgan fingerprint density at radius 3 is 2.38 bits per heavy atom. The number of rotatable bonds is 3. The second-order valence-electron chi connectivity index (χ2n) is 3.16. The number of anilines is 1. The van der Waals surface area contributed by atoms with Gasteiger partial charge in [0, 0.05) is 12.7 Å². The van der Waals surface area contributed by atoms with E-state index in [1.54, 1.807) is 0 Å². The number of nitrogens with one attached hydrogen (secondary N) is 1. The Kier molecular flexibility index (Phi) is 3.46. The van der Waals surface area contributed by atoms with Crippen LogP contribution in [0.5, 0.6) is 0 Å². The van der Waals surface area contributed by atoms with E-state index in [0.29, 0.717) is 0 Å². The van der Waals surface area contributed by atoms with Crippen molar-refractivity contribution in [2.75, 3.05) is 19.5 Å². The molecule has 0 aliphatic carbocycles. The maximum Gasteiger partial charge on any atom is 0.509 e. The van der Waals surface area contributed by atoms with Gasteiger partial charge in [0.1, 0.15) is 0 Å². The quantitative estimate of drug-likeness (QED) is 0.634. The minimum atomic E-state index is -5.13. The molecule has 0 unspecified atom stereocenters. The molecule has 1 aromatic carbocycles. The predicted octanol–water partition coefficient (Wildman–Crippen LogP) is 1.57. The zero-order chi connectivity index (χ0) is 12.3. The average Bonchev–Trinajstić information content (AvgIpc) is 2.26. The Morgan fingerprint density at radius 1 is 1.31 bits per heavy atom. The SMILES string of the molecule is CNc1cc(C(=O)OC)cc([B-](F)(F)F)c1. The molecule has 0 radical (unpaired) electrons. The van der Waals surface area contributed by atoms with Gasteiger partial charge in [-0.2, -0.15) is 0 Å². The summed E-state index contributed by atoms with van der Waals surface area (Å²) in [7, 11) is 2.59. The van der Waals surface area contributed by atoms with E-state index in [1.807, 2.05) is 0 Å². The zero-order valence-corrected chi connectivity index (χ0v) is 8.76. The number of halogens is 3. The van der Waals surface area contributed by atoms with Crippen molar-refractivity contribution in [3.05, 3.63) is 23.8 Å². The van der Waals surface area contributed by atoms with E-state index < -0.39 is 18.4 Å². The summed E-state index contributed by atoms with van der Waals surface area (Å²) < 4.78 is 42.0. The lowest BCUT2D eigenvalue weighted by Crippen LogP contribution is -2.34. The van der Waals surface area contributed by atoms with Gasteiger partial charge >= 0.3 is 12.9 Å². The standard InChI is InChI=1S/C9H10BF3NO2/c1-14-8-4-6(9(15)16-2)3-7(5-8)10(11,12)13/h3-5,14H,1-2H3/q-1. The van der Waals surface area contributed by atoms with Crippen molar-refractivity contribution in [2.24, 2.45) is 0 Å². The first-order valence-corrected chi connectivity index (χ1v) is 4.49. The smallest absolute Gasteiger partial charge is 0.465 e. The van der Waals surface area contributed by atoms with Crippen molar-refractivity contribution in [2.45, 2.75) is 0 Å². The Bertz CT molecular complexity index is 406. The highest BCUT2D eigenvalue weighted by molar-refractivity contribution is 6.73. The molecule has 0 amide bonds. The van der Waals surface area contributed by atoms with E-state index in [9.17, 15) is 17.7 Å². The Hall–Kier alpha value is -1.66. The highest BCUT2D eigenvalue weighted by Gasteiger charge is 2.27. The molecule has 0 saturated carbocycles. The van der Waals surface area contributed by atoms with Crippen LogP contribution in [0.15, 0.2) is 18.2 Å². The highest BCUT2D eigenvalue weighted by atomic mass is 19.4. The molecule has 0 heterocycles. The summed E-state index contributed by atoms with van der Waals surface area (Å²) in [6.45, 7) is -5.13. The first-order valence-electron chi connectivity index (χ1n) is 4.49. The number of hydrogen-bond acceptors (Lipinski definition) is 3. The maximum absolute atomic E-state index is 12.5. The minimum absolute atomic E-state index is 0.122. The molecule has 0 atom stereocenters. The molecular formula is C9H10BF3NO2-. The van der Waals surface area contributed by atoms with Crippen LogP contribution in [0.2, 0.25) is 0 Å². The van der Waals surface area contributed by atoms with Crippen molar-refractivity contribution in [1.82, 2.24) is 0 Å². The zero-order valence-electron chi connectivity index (χ0n) is 8.76. The molecule has 0 aliphatic rings. The molecule has 0 aliphatic heterocycles. The fourth-order valence-corrected chi connectivity index (χ4v) is 1.22.